The average molecular weight is 526 g/mol. The zero-order valence-corrected chi connectivity index (χ0v) is 19.8. The van der Waals surface area contributed by atoms with Crippen LogP contribution in [0.25, 0.3) is 0 Å². The molecule has 0 fully saturated rings. The van der Waals surface area contributed by atoms with Gasteiger partial charge in [0.25, 0.3) is 0 Å². The minimum Gasteiger partial charge on any atom is -0.811 e. The van der Waals surface area contributed by atoms with Crippen molar-refractivity contribution >= 4 is 22.8 Å². The molecule has 0 aromatic heterocycles. The van der Waals surface area contributed by atoms with E-state index < -0.39 is 22.8 Å². The summed E-state index contributed by atoms with van der Waals surface area (Å²) < 4.78 is 29.6. The van der Waals surface area contributed by atoms with Crippen molar-refractivity contribution in [2.45, 2.75) is 59.3 Å². The van der Waals surface area contributed by atoms with Gasteiger partial charge in [-0.2, -0.15) is 0 Å². The topological polar surface area (TPSA) is 190 Å². The Labute approximate surface area is 177 Å². The van der Waals surface area contributed by atoms with Gasteiger partial charge >= 0.3 is 33.6 Å². The van der Waals surface area contributed by atoms with E-state index in [1.807, 2.05) is 20.8 Å². The smallest absolute Gasteiger partial charge is 0.811 e. The summed E-state index contributed by atoms with van der Waals surface area (Å²) in [5.74, 6) is 0. The number of hydrogen-bond donors (Lipinski definition) is 0. The molecule has 26 heavy (non-hydrogen) atoms. The van der Waals surface area contributed by atoms with Gasteiger partial charge in [-0.05, 0) is 37.7 Å². The van der Waals surface area contributed by atoms with Crippen LogP contribution in [0.4, 0.5) is 0 Å². The van der Waals surface area contributed by atoms with E-state index in [1.165, 1.54) is 0 Å². The van der Waals surface area contributed by atoms with Crippen molar-refractivity contribution in [1.82, 2.24) is 0 Å². The normalized spacial score (nSPS) is 11.0. The Hall–Kier alpha value is 1.46. The van der Waals surface area contributed by atoms with Crippen LogP contribution in [-0.4, -0.2) is 18.5 Å². The number of unbranched alkanes of at least 4 members (excludes halogenated alkanes) is 3. The first-order chi connectivity index (χ1) is 10.7. The molecule has 0 spiro atoms. The van der Waals surface area contributed by atoms with Crippen LogP contribution in [0.2, 0.25) is 0 Å². The molecule has 0 rings (SSSR count). The SMILES string of the molecule is CCCCP(=O)([O-])[O-].CCCCP(=O)([O-])[O-].CCCCP(=O)([O-])[O-].[Co+3].[Co+3]. The number of rotatable bonds is 9. The van der Waals surface area contributed by atoms with Crippen LogP contribution < -0.4 is 29.4 Å². The maximum Gasteiger partial charge on any atom is 3.00 e. The van der Waals surface area contributed by atoms with Crippen LogP contribution in [0.5, 0.6) is 0 Å². The van der Waals surface area contributed by atoms with Gasteiger partial charge in [-0.3, -0.25) is 0 Å². The average Bonchev–Trinajstić information content (AvgIpc) is 2.39. The molecule has 0 radical (unpaired) electrons. The van der Waals surface area contributed by atoms with E-state index in [-0.39, 0.29) is 52.0 Å². The van der Waals surface area contributed by atoms with Crippen LogP contribution in [0.15, 0.2) is 0 Å². The van der Waals surface area contributed by atoms with Crippen molar-refractivity contribution in [3.05, 3.63) is 0 Å². The van der Waals surface area contributed by atoms with Gasteiger partial charge in [-0.15, -0.1) is 0 Å². The molecule has 0 heterocycles. The molecular formula is C12H27Co2O9P3. The Balaban J connectivity index is -0.0000000817. The molecule has 162 valence electrons. The minimum atomic E-state index is -4.18. The van der Waals surface area contributed by atoms with E-state index in [0.29, 0.717) is 19.3 Å². The van der Waals surface area contributed by atoms with Crippen LogP contribution in [0.3, 0.4) is 0 Å². The van der Waals surface area contributed by atoms with E-state index in [4.69, 9.17) is 0 Å². The fourth-order valence-electron chi connectivity index (χ4n) is 1.06. The van der Waals surface area contributed by atoms with Gasteiger partial charge in [0.2, 0.25) is 0 Å². The van der Waals surface area contributed by atoms with Gasteiger partial charge in [0.15, 0.2) is 0 Å². The van der Waals surface area contributed by atoms with Crippen molar-refractivity contribution in [2.24, 2.45) is 0 Å². The maximum absolute atomic E-state index is 9.86. The van der Waals surface area contributed by atoms with Gasteiger partial charge < -0.3 is 43.1 Å². The van der Waals surface area contributed by atoms with E-state index in [0.717, 1.165) is 19.3 Å². The third kappa shape index (κ3) is 56.2. The molecule has 0 aliphatic carbocycles. The standard InChI is InChI=1S/3C4H11O3P.2Co/c3*1-2-3-4-8(5,6)7;;/h3*2-4H2,1H3,(H2,5,6,7);;/q;;;2*+3/p-6. The van der Waals surface area contributed by atoms with E-state index in [1.54, 1.807) is 0 Å². The fourth-order valence-corrected chi connectivity index (χ4v) is 3.17. The summed E-state index contributed by atoms with van der Waals surface area (Å²) in [5, 5.41) is 0. The zero-order valence-electron chi connectivity index (χ0n) is 15.0. The number of hydrogen-bond acceptors (Lipinski definition) is 9. The molecular weight excluding hydrogens is 499 g/mol. The van der Waals surface area contributed by atoms with Gasteiger partial charge in [-0.25, -0.2) is 0 Å². The van der Waals surface area contributed by atoms with Crippen molar-refractivity contribution in [3.8, 4) is 0 Å². The van der Waals surface area contributed by atoms with Crippen LogP contribution in [-0.2, 0) is 47.3 Å². The predicted octanol–water partition coefficient (Wildman–Crippen LogP) is -0.904. The summed E-state index contributed by atoms with van der Waals surface area (Å²) in [6.45, 7) is 5.53. The van der Waals surface area contributed by atoms with Gasteiger partial charge in [-0.1, -0.05) is 62.8 Å². The maximum atomic E-state index is 9.86. The molecule has 9 nitrogen and oxygen atoms in total. The summed E-state index contributed by atoms with van der Waals surface area (Å²) in [7, 11) is -12.5. The Bertz CT molecular complexity index is 358. The molecule has 14 heteroatoms. The summed E-state index contributed by atoms with van der Waals surface area (Å²) in [6, 6.07) is 0. The molecule has 0 saturated heterocycles. The van der Waals surface area contributed by atoms with Crippen molar-refractivity contribution in [1.29, 1.82) is 0 Å². The molecule has 0 aliphatic rings. The van der Waals surface area contributed by atoms with E-state index in [9.17, 15) is 43.1 Å². The van der Waals surface area contributed by atoms with Gasteiger partial charge in [0.05, 0.1) is 0 Å². The summed E-state index contributed by atoms with van der Waals surface area (Å²) >= 11 is 0. The van der Waals surface area contributed by atoms with Crippen LogP contribution in [0, 0.1) is 0 Å². The second kappa shape index (κ2) is 21.2. The Morgan fingerprint density at radius 3 is 0.692 bits per heavy atom. The van der Waals surface area contributed by atoms with Gasteiger partial charge in [0.1, 0.15) is 0 Å². The second-order valence-electron chi connectivity index (χ2n) is 5.06. The largest absolute Gasteiger partial charge is 3.00 e. The zero-order chi connectivity index (χ0) is 19.9. The Kier molecular flexibility index (Phi) is 31.0. The first-order valence-corrected chi connectivity index (χ1v) is 12.9. The summed E-state index contributed by atoms with van der Waals surface area (Å²) in [6.07, 6.45) is 3.17. The minimum absolute atomic E-state index is 0. The van der Waals surface area contributed by atoms with Crippen LogP contribution >= 0.6 is 22.8 Å². The quantitative estimate of drug-likeness (QED) is 0.343. The van der Waals surface area contributed by atoms with E-state index in [2.05, 4.69) is 0 Å². The molecule has 0 atom stereocenters. The molecule has 0 saturated carbocycles. The molecule has 0 aliphatic heterocycles. The Morgan fingerprint density at radius 1 is 0.500 bits per heavy atom. The van der Waals surface area contributed by atoms with E-state index >= 15 is 0 Å². The second-order valence-corrected chi connectivity index (χ2v) is 10.1. The first kappa shape index (κ1) is 38.1. The fraction of sp³-hybridized carbons (Fsp3) is 1.00. The van der Waals surface area contributed by atoms with Crippen molar-refractivity contribution < 1.29 is 76.6 Å². The third-order valence-electron chi connectivity index (χ3n) is 2.36. The molecule has 0 aromatic carbocycles. The first-order valence-electron chi connectivity index (χ1n) is 7.71. The third-order valence-corrected chi connectivity index (χ3v) is 4.95. The molecule has 0 bridgehead atoms. The monoisotopic (exact) mass is 526 g/mol. The molecule has 0 unspecified atom stereocenters. The van der Waals surface area contributed by atoms with Crippen molar-refractivity contribution in [3.63, 3.8) is 0 Å². The van der Waals surface area contributed by atoms with Crippen molar-refractivity contribution in [2.75, 3.05) is 18.5 Å². The Morgan fingerprint density at radius 2 is 0.654 bits per heavy atom. The molecule has 0 amide bonds. The summed E-state index contributed by atoms with van der Waals surface area (Å²) in [4.78, 5) is 59.2. The van der Waals surface area contributed by atoms with Crippen LogP contribution in [0.1, 0.15) is 59.3 Å². The predicted molar refractivity (Wildman–Crippen MR) is 82.1 cm³/mol. The molecule has 0 aromatic rings. The van der Waals surface area contributed by atoms with Gasteiger partial charge in [0, 0.05) is 0 Å². The molecule has 0 N–H and O–H groups in total. The summed E-state index contributed by atoms with van der Waals surface area (Å²) in [5.41, 5.74) is 0.